The Bertz CT molecular complexity index is 428. The number of benzene rings is 1. The normalized spacial score (nSPS) is 23.7. The van der Waals surface area contributed by atoms with Gasteiger partial charge in [-0.05, 0) is 50.9 Å². The van der Waals surface area contributed by atoms with Crippen LogP contribution in [0.2, 0.25) is 0 Å². The molecule has 2 N–H and O–H groups in total. The Kier molecular flexibility index (Phi) is 3.48. The first-order valence-electron chi connectivity index (χ1n) is 6.19. The van der Waals surface area contributed by atoms with E-state index in [1.807, 2.05) is 26.0 Å². The lowest BCUT2D eigenvalue weighted by Crippen LogP contribution is -2.32. The van der Waals surface area contributed by atoms with Gasteiger partial charge in [0.25, 0.3) is 0 Å². The van der Waals surface area contributed by atoms with Crippen molar-refractivity contribution in [3.8, 4) is 0 Å². The highest BCUT2D eigenvalue weighted by Crippen LogP contribution is 2.21. The van der Waals surface area contributed by atoms with E-state index in [0.717, 1.165) is 24.2 Å². The molecule has 1 saturated heterocycles. The summed E-state index contributed by atoms with van der Waals surface area (Å²) in [5.74, 6) is 0.228. The highest BCUT2D eigenvalue weighted by molar-refractivity contribution is 5.94. The zero-order valence-electron chi connectivity index (χ0n) is 10.7. The van der Waals surface area contributed by atoms with Gasteiger partial charge in [0, 0.05) is 11.7 Å². The number of amides is 1. The maximum atomic E-state index is 12.1. The molecule has 0 aromatic heterocycles. The minimum Gasteiger partial charge on any atom is -0.326 e. The summed E-state index contributed by atoms with van der Waals surface area (Å²) in [5, 5.41) is 6.35. The van der Waals surface area contributed by atoms with Crippen molar-refractivity contribution in [3.05, 3.63) is 29.3 Å². The zero-order chi connectivity index (χ0) is 12.4. The van der Waals surface area contributed by atoms with Gasteiger partial charge in [-0.15, -0.1) is 0 Å². The molecule has 3 nitrogen and oxygen atoms in total. The number of aryl methyl sites for hydroxylation is 2. The van der Waals surface area contributed by atoms with E-state index in [1.165, 1.54) is 5.56 Å². The molecule has 92 valence electrons. The fraction of sp³-hybridized carbons (Fsp3) is 0.500. The Morgan fingerprint density at radius 2 is 2.18 bits per heavy atom. The van der Waals surface area contributed by atoms with Gasteiger partial charge in [-0.2, -0.15) is 0 Å². The summed E-state index contributed by atoms with van der Waals surface area (Å²) in [6.07, 6.45) is 0.928. The molecule has 3 heteroatoms. The monoisotopic (exact) mass is 232 g/mol. The molecule has 17 heavy (non-hydrogen) atoms. The second-order valence-corrected chi connectivity index (χ2v) is 4.95. The minimum atomic E-state index is 0.0925. The lowest BCUT2D eigenvalue weighted by Gasteiger charge is -2.16. The Morgan fingerprint density at radius 3 is 2.82 bits per heavy atom. The van der Waals surface area contributed by atoms with Crippen LogP contribution in [0.5, 0.6) is 0 Å². The smallest absolute Gasteiger partial charge is 0.229 e. The van der Waals surface area contributed by atoms with Crippen LogP contribution in [0.15, 0.2) is 18.2 Å². The van der Waals surface area contributed by atoms with Gasteiger partial charge >= 0.3 is 0 Å². The maximum Gasteiger partial charge on any atom is 0.229 e. The molecule has 1 amide bonds. The third kappa shape index (κ3) is 2.67. The molecule has 1 aliphatic rings. The molecule has 0 saturated carbocycles. The number of hydrogen-bond acceptors (Lipinski definition) is 2. The molecule has 1 heterocycles. The first-order chi connectivity index (χ1) is 8.08. The maximum absolute atomic E-state index is 12.1. The van der Waals surface area contributed by atoms with Crippen molar-refractivity contribution in [2.24, 2.45) is 5.92 Å². The number of carbonyl (C=O) groups excluding carboxylic acids is 1. The van der Waals surface area contributed by atoms with Crippen LogP contribution in [0.1, 0.15) is 24.5 Å². The van der Waals surface area contributed by atoms with Gasteiger partial charge in [0.1, 0.15) is 0 Å². The summed E-state index contributed by atoms with van der Waals surface area (Å²) >= 11 is 0. The predicted molar refractivity (Wildman–Crippen MR) is 70.1 cm³/mol. The molecule has 2 rings (SSSR count). The summed E-state index contributed by atoms with van der Waals surface area (Å²) in [5.41, 5.74) is 3.22. The second kappa shape index (κ2) is 4.88. The topological polar surface area (TPSA) is 41.1 Å². The van der Waals surface area contributed by atoms with E-state index in [1.54, 1.807) is 0 Å². The van der Waals surface area contributed by atoms with Gasteiger partial charge in [0.05, 0.1) is 5.92 Å². The fourth-order valence-electron chi connectivity index (χ4n) is 2.31. The van der Waals surface area contributed by atoms with Crippen LogP contribution in [0.3, 0.4) is 0 Å². The van der Waals surface area contributed by atoms with Crippen molar-refractivity contribution < 1.29 is 4.79 Å². The molecule has 2 atom stereocenters. The summed E-state index contributed by atoms with van der Waals surface area (Å²) in [4.78, 5) is 12.1. The van der Waals surface area contributed by atoms with Gasteiger partial charge in [-0.3, -0.25) is 4.79 Å². The first-order valence-corrected chi connectivity index (χ1v) is 6.19. The number of hydrogen-bond donors (Lipinski definition) is 2. The standard InChI is InChI=1S/C14H20N2O/c1-9-4-5-10(2)13(8-9)16-14(17)12-6-7-15-11(12)3/h4-5,8,11-12,15H,6-7H2,1-3H3,(H,16,17). The highest BCUT2D eigenvalue weighted by Gasteiger charge is 2.29. The third-order valence-corrected chi connectivity index (χ3v) is 3.51. The molecule has 0 spiro atoms. The van der Waals surface area contributed by atoms with E-state index in [4.69, 9.17) is 0 Å². The van der Waals surface area contributed by atoms with E-state index in [9.17, 15) is 4.79 Å². The van der Waals surface area contributed by atoms with Gasteiger partial charge in [-0.25, -0.2) is 0 Å². The van der Waals surface area contributed by atoms with Crippen molar-refractivity contribution in [2.45, 2.75) is 33.2 Å². The summed E-state index contributed by atoms with van der Waals surface area (Å²) in [6.45, 7) is 7.06. The molecule has 1 aliphatic heterocycles. The van der Waals surface area contributed by atoms with E-state index < -0.39 is 0 Å². The zero-order valence-corrected chi connectivity index (χ0v) is 10.7. The highest BCUT2D eigenvalue weighted by atomic mass is 16.1. The SMILES string of the molecule is Cc1ccc(C)c(NC(=O)C2CCNC2C)c1. The van der Waals surface area contributed by atoms with E-state index in [0.29, 0.717) is 0 Å². The first kappa shape index (κ1) is 12.1. The Labute approximate surface area is 103 Å². The van der Waals surface area contributed by atoms with E-state index in [-0.39, 0.29) is 17.9 Å². The molecule has 1 aromatic rings. The second-order valence-electron chi connectivity index (χ2n) is 4.95. The lowest BCUT2D eigenvalue weighted by molar-refractivity contribution is -0.120. The van der Waals surface area contributed by atoms with Gasteiger partial charge in [0.2, 0.25) is 5.91 Å². The van der Waals surface area contributed by atoms with E-state index >= 15 is 0 Å². The molecule has 1 aromatic carbocycles. The van der Waals surface area contributed by atoms with Crippen molar-refractivity contribution in [1.82, 2.24) is 5.32 Å². The lowest BCUT2D eigenvalue weighted by atomic mass is 10.0. The average Bonchev–Trinajstić information content (AvgIpc) is 2.70. The van der Waals surface area contributed by atoms with Crippen LogP contribution in [-0.4, -0.2) is 18.5 Å². The fourth-order valence-corrected chi connectivity index (χ4v) is 2.31. The van der Waals surface area contributed by atoms with Crippen molar-refractivity contribution >= 4 is 11.6 Å². The van der Waals surface area contributed by atoms with Crippen LogP contribution >= 0.6 is 0 Å². The average molecular weight is 232 g/mol. The number of anilines is 1. The largest absolute Gasteiger partial charge is 0.326 e. The quantitative estimate of drug-likeness (QED) is 0.821. The molecule has 0 bridgehead atoms. The van der Waals surface area contributed by atoms with Gasteiger partial charge in [-0.1, -0.05) is 12.1 Å². The van der Waals surface area contributed by atoms with Crippen LogP contribution < -0.4 is 10.6 Å². The van der Waals surface area contributed by atoms with Crippen LogP contribution in [-0.2, 0) is 4.79 Å². The molecule has 0 aliphatic carbocycles. The van der Waals surface area contributed by atoms with Crippen LogP contribution in [0.4, 0.5) is 5.69 Å². The number of carbonyl (C=O) groups is 1. The Hall–Kier alpha value is -1.35. The Balaban J connectivity index is 2.10. The summed E-state index contributed by atoms with van der Waals surface area (Å²) in [6, 6.07) is 6.41. The minimum absolute atomic E-state index is 0.0925. The molecular formula is C14H20N2O. The predicted octanol–water partition coefficient (Wildman–Crippen LogP) is 2.24. The van der Waals surface area contributed by atoms with Crippen molar-refractivity contribution in [3.63, 3.8) is 0 Å². The van der Waals surface area contributed by atoms with Crippen molar-refractivity contribution in [1.29, 1.82) is 0 Å². The summed E-state index contributed by atoms with van der Waals surface area (Å²) in [7, 11) is 0. The Morgan fingerprint density at radius 1 is 1.41 bits per heavy atom. The van der Waals surface area contributed by atoms with E-state index in [2.05, 4.69) is 23.6 Å². The third-order valence-electron chi connectivity index (χ3n) is 3.51. The molecule has 2 unspecified atom stereocenters. The van der Waals surface area contributed by atoms with Crippen LogP contribution in [0.25, 0.3) is 0 Å². The molecule has 1 fully saturated rings. The summed E-state index contributed by atoms with van der Waals surface area (Å²) < 4.78 is 0. The van der Waals surface area contributed by atoms with Crippen LogP contribution in [0, 0.1) is 19.8 Å². The number of nitrogens with one attached hydrogen (secondary N) is 2. The van der Waals surface area contributed by atoms with Gasteiger partial charge < -0.3 is 10.6 Å². The van der Waals surface area contributed by atoms with Crippen molar-refractivity contribution in [2.75, 3.05) is 11.9 Å². The molecular weight excluding hydrogens is 212 g/mol. The van der Waals surface area contributed by atoms with Gasteiger partial charge in [0.15, 0.2) is 0 Å². The molecule has 0 radical (unpaired) electrons. The number of rotatable bonds is 2.